The smallest absolute Gasteiger partial charge is 0.138 e. The minimum atomic E-state index is 0.901. The van der Waals surface area contributed by atoms with Gasteiger partial charge < -0.3 is 9.72 Å². The minimum Gasteiger partial charge on any atom is -0.315 e. The van der Waals surface area contributed by atoms with Gasteiger partial charge in [0.05, 0.1) is 11.4 Å². The Morgan fingerprint density at radius 1 is 1.17 bits per heavy atom. The summed E-state index contributed by atoms with van der Waals surface area (Å²) >= 11 is 0. The summed E-state index contributed by atoms with van der Waals surface area (Å²) in [4.78, 5) is 11.9. The van der Waals surface area contributed by atoms with Crippen LogP contribution in [0.5, 0.6) is 0 Å². The quantitative estimate of drug-likeness (QED) is 0.805. The number of fused-ring (bicyclic) bond motifs is 1. The molecule has 1 saturated heterocycles. The lowest BCUT2D eigenvalue weighted by Crippen LogP contribution is -2.28. The number of aryl methyl sites for hydroxylation is 1. The predicted molar refractivity (Wildman–Crippen MR) is 95.9 cm³/mol. The monoisotopic (exact) mass is 321 g/mol. The Balaban J connectivity index is 1.78. The number of imidazole rings is 1. The van der Waals surface area contributed by atoms with Crippen LogP contribution in [0.1, 0.15) is 17.7 Å². The standard InChI is InChI=1S/C19H23N5/c1-15-6-11-24-17(14-23-10-4-7-20-9-12-23)19(22-18(24)13-15)16-5-2-3-8-21-16/h2-3,5-6,8,11,13,20H,4,7,9-10,12,14H2,1H3. The number of nitrogens with zero attached hydrogens (tertiary/aromatic N) is 4. The zero-order valence-corrected chi connectivity index (χ0v) is 14.1. The summed E-state index contributed by atoms with van der Waals surface area (Å²) in [6.07, 6.45) is 5.16. The Morgan fingerprint density at radius 2 is 2.12 bits per heavy atom. The van der Waals surface area contributed by atoms with Crippen molar-refractivity contribution in [2.45, 2.75) is 19.9 Å². The molecule has 0 saturated carbocycles. The van der Waals surface area contributed by atoms with Crippen LogP contribution in [-0.2, 0) is 6.54 Å². The molecule has 0 aliphatic carbocycles. The third kappa shape index (κ3) is 3.05. The molecule has 1 fully saturated rings. The predicted octanol–water partition coefficient (Wildman–Crippen LogP) is 2.50. The van der Waals surface area contributed by atoms with Crippen LogP contribution < -0.4 is 5.32 Å². The van der Waals surface area contributed by atoms with Crippen molar-refractivity contribution in [2.24, 2.45) is 0 Å². The fraction of sp³-hybridized carbons (Fsp3) is 0.368. The average molecular weight is 321 g/mol. The highest BCUT2D eigenvalue weighted by molar-refractivity contribution is 5.63. The van der Waals surface area contributed by atoms with Crippen LogP contribution in [0.15, 0.2) is 42.7 Å². The van der Waals surface area contributed by atoms with E-state index in [2.05, 4.69) is 44.9 Å². The minimum absolute atomic E-state index is 0.901. The van der Waals surface area contributed by atoms with Gasteiger partial charge in [-0.2, -0.15) is 0 Å². The van der Waals surface area contributed by atoms with E-state index in [-0.39, 0.29) is 0 Å². The molecule has 1 N–H and O–H groups in total. The summed E-state index contributed by atoms with van der Waals surface area (Å²) in [5.41, 5.74) is 5.40. The van der Waals surface area contributed by atoms with Crippen molar-refractivity contribution in [3.8, 4) is 11.4 Å². The fourth-order valence-electron chi connectivity index (χ4n) is 3.33. The fourth-order valence-corrected chi connectivity index (χ4v) is 3.33. The summed E-state index contributed by atoms with van der Waals surface area (Å²) < 4.78 is 2.22. The lowest BCUT2D eigenvalue weighted by atomic mass is 10.2. The highest BCUT2D eigenvalue weighted by Gasteiger charge is 2.18. The molecule has 0 bridgehead atoms. The Labute approximate surface area is 142 Å². The number of nitrogens with one attached hydrogen (secondary N) is 1. The van der Waals surface area contributed by atoms with Gasteiger partial charge >= 0.3 is 0 Å². The van der Waals surface area contributed by atoms with Crippen molar-refractivity contribution in [1.82, 2.24) is 24.6 Å². The number of hydrogen-bond acceptors (Lipinski definition) is 4. The van der Waals surface area contributed by atoms with E-state index < -0.39 is 0 Å². The molecule has 4 rings (SSSR count). The topological polar surface area (TPSA) is 45.5 Å². The molecule has 1 aliphatic rings. The van der Waals surface area contributed by atoms with Gasteiger partial charge in [0.25, 0.3) is 0 Å². The zero-order valence-electron chi connectivity index (χ0n) is 14.1. The molecule has 5 heteroatoms. The van der Waals surface area contributed by atoms with E-state index in [0.717, 1.165) is 49.8 Å². The maximum absolute atomic E-state index is 4.89. The molecule has 3 aromatic rings. The maximum Gasteiger partial charge on any atom is 0.138 e. The first-order valence-electron chi connectivity index (χ1n) is 8.63. The molecule has 0 radical (unpaired) electrons. The van der Waals surface area contributed by atoms with Gasteiger partial charge in [0.15, 0.2) is 0 Å². The Kier molecular flexibility index (Phi) is 4.28. The van der Waals surface area contributed by atoms with Crippen molar-refractivity contribution in [1.29, 1.82) is 0 Å². The summed E-state index contributed by atoms with van der Waals surface area (Å²) in [6, 6.07) is 10.3. The van der Waals surface area contributed by atoms with Gasteiger partial charge in [0.1, 0.15) is 11.3 Å². The summed E-state index contributed by atoms with van der Waals surface area (Å²) in [5, 5.41) is 3.47. The second-order valence-electron chi connectivity index (χ2n) is 6.43. The Bertz CT molecular complexity index is 816. The SMILES string of the molecule is Cc1ccn2c(CN3CCCNCC3)c(-c3ccccn3)nc2c1. The molecule has 0 amide bonds. The first-order valence-corrected chi connectivity index (χ1v) is 8.63. The second kappa shape index (κ2) is 6.71. The maximum atomic E-state index is 4.89. The van der Waals surface area contributed by atoms with Crippen molar-refractivity contribution in [2.75, 3.05) is 26.2 Å². The molecule has 4 heterocycles. The third-order valence-corrected chi connectivity index (χ3v) is 4.59. The van der Waals surface area contributed by atoms with E-state index in [4.69, 9.17) is 4.98 Å². The van der Waals surface area contributed by atoms with Crippen LogP contribution in [0, 0.1) is 6.92 Å². The first-order chi connectivity index (χ1) is 11.8. The lowest BCUT2D eigenvalue weighted by molar-refractivity contribution is 0.280. The van der Waals surface area contributed by atoms with Crippen LogP contribution in [0.3, 0.4) is 0 Å². The van der Waals surface area contributed by atoms with Gasteiger partial charge in [-0.15, -0.1) is 0 Å². The molecule has 24 heavy (non-hydrogen) atoms. The number of aromatic nitrogens is 3. The molecular formula is C19H23N5. The van der Waals surface area contributed by atoms with Crippen LogP contribution in [0.4, 0.5) is 0 Å². The van der Waals surface area contributed by atoms with E-state index in [1.807, 2.05) is 24.4 Å². The van der Waals surface area contributed by atoms with Crippen molar-refractivity contribution >= 4 is 5.65 Å². The highest BCUT2D eigenvalue weighted by atomic mass is 15.2. The average Bonchev–Trinajstić information content (AvgIpc) is 2.77. The van der Waals surface area contributed by atoms with Gasteiger partial charge in [-0.1, -0.05) is 6.07 Å². The summed E-state index contributed by atoms with van der Waals surface area (Å²) in [6.45, 7) is 7.35. The number of rotatable bonds is 3. The van der Waals surface area contributed by atoms with Crippen molar-refractivity contribution < 1.29 is 0 Å². The van der Waals surface area contributed by atoms with Crippen LogP contribution in [0.25, 0.3) is 17.0 Å². The Morgan fingerprint density at radius 3 is 3.00 bits per heavy atom. The summed E-state index contributed by atoms with van der Waals surface area (Å²) in [7, 11) is 0. The van der Waals surface area contributed by atoms with Crippen molar-refractivity contribution in [3.63, 3.8) is 0 Å². The molecule has 1 aliphatic heterocycles. The van der Waals surface area contributed by atoms with Gasteiger partial charge in [0.2, 0.25) is 0 Å². The highest BCUT2D eigenvalue weighted by Crippen LogP contribution is 2.24. The largest absolute Gasteiger partial charge is 0.315 e. The molecule has 5 nitrogen and oxygen atoms in total. The van der Waals surface area contributed by atoms with Gasteiger partial charge in [-0.25, -0.2) is 4.98 Å². The van der Waals surface area contributed by atoms with Gasteiger partial charge in [-0.05, 0) is 56.3 Å². The summed E-state index contributed by atoms with van der Waals surface area (Å²) in [5.74, 6) is 0. The van der Waals surface area contributed by atoms with E-state index in [1.54, 1.807) is 0 Å². The van der Waals surface area contributed by atoms with Crippen LogP contribution in [0.2, 0.25) is 0 Å². The number of pyridine rings is 2. The lowest BCUT2D eigenvalue weighted by Gasteiger charge is -2.19. The van der Waals surface area contributed by atoms with E-state index in [0.29, 0.717) is 0 Å². The first kappa shape index (κ1) is 15.3. The van der Waals surface area contributed by atoms with Crippen LogP contribution in [-0.4, -0.2) is 45.4 Å². The molecule has 0 aromatic carbocycles. The number of hydrogen-bond donors (Lipinski definition) is 1. The van der Waals surface area contributed by atoms with Gasteiger partial charge in [-0.3, -0.25) is 9.88 Å². The molecule has 0 unspecified atom stereocenters. The van der Waals surface area contributed by atoms with E-state index >= 15 is 0 Å². The van der Waals surface area contributed by atoms with E-state index in [1.165, 1.54) is 17.7 Å². The molecule has 0 spiro atoms. The third-order valence-electron chi connectivity index (χ3n) is 4.59. The Hall–Kier alpha value is -2.24. The second-order valence-corrected chi connectivity index (χ2v) is 6.43. The molecular weight excluding hydrogens is 298 g/mol. The van der Waals surface area contributed by atoms with E-state index in [9.17, 15) is 0 Å². The van der Waals surface area contributed by atoms with Crippen LogP contribution >= 0.6 is 0 Å². The normalized spacial score (nSPS) is 16.4. The van der Waals surface area contributed by atoms with Gasteiger partial charge in [0, 0.05) is 32.0 Å². The molecule has 124 valence electrons. The van der Waals surface area contributed by atoms with Crippen molar-refractivity contribution in [3.05, 3.63) is 54.0 Å². The molecule has 0 atom stereocenters. The zero-order chi connectivity index (χ0) is 16.4. The molecule has 3 aromatic heterocycles.